The highest BCUT2D eigenvalue weighted by molar-refractivity contribution is 6.05. The number of methoxy groups -OCH3 is 2. The van der Waals surface area contributed by atoms with E-state index in [0.29, 0.717) is 29.4 Å². The minimum absolute atomic E-state index is 0.226. The molecule has 3 aromatic carbocycles. The lowest BCUT2D eigenvalue weighted by molar-refractivity contribution is 0.102. The quantitative estimate of drug-likeness (QED) is 0.528. The third kappa shape index (κ3) is 5.18. The van der Waals surface area contributed by atoms with Gasteiger partial charge in [0, 0.05) is 11.1 Å². The molecule has 5 heteroatoms. The third-order valence-corrected chi connectivity index (χ3v) is 5.29. The summed E-state index contributed by atoms with van der Waals surface area (Å²) < 4.78 is 16.9. The molecule has 0 aliphatic heterocycles. The number of carbonyl (C=O) groups excluding carboxylic acids is 1. The van der Waals surface area contributed by atoms with Crippen LogP contribution in [0.3, 0.4) is 0 Å². The summed E-state index contributed by atoms with van der Waals surface area (Å²) in [6.45, 7) is 8.42. The van der Waals surface area contributed by atoms with E-state index < -0.39 is 0 Å². The molecule has 1 amide bonds. The molecule has 0 bridgehead atoms. The van der Waals surface area contributed by atoms with Crippen molar-refractivity contribution in [2.24, 2.45) is 0 Å². The minimum atomic E-state index is -0.226. The largest absolute Gasteiger partial charge is 0.496 e. The van der Waals surface area contributed by atoms with Gasteiger partial charge in [0.15, 0.2) is 0 Å². The smallest absolute Gasteiger partial charge is 0.255 e. The Hall–Kier alpha value is -3.47. The molecular formula is C26H29NO4. The van der Waals surface area contributed by atoms with Gasteiger partial charge in [0.25, 0.3) is 5.91 Å². The van der Waals surface area contributed by atoms with Crippen molar-refractivity contribution in [1.82, 2.24) is 0 Å². The second kappa shape index (κ2) is 9.56. The van der Waals surface area contributed by atoms with Crippen molar-refractivity contribution in [3.63, 3.8) is 0 Å². The summed E-state index contributed by atoms with van der Waals surface area (Å²) in [6, 6.07) is 15.1. The number of anilines is 1. The van der Waals surface area contributed by atoms with Gasteiger partial charge in [-0.05, 0) is 86.3 Å². The van der Waals surface area contributed by atoms with Crippen molar-refractivity contribution in [2.75, 3.05) is 19.5 Å². The molecule has 0 saturated heterocycles. The number of rotatable bonds is 7. The Morgan fingerprint density at radius 3 is 2.23 bits per heavy atom. The molecule has 162 valence electrons. The SMILES string of the molecule is COc1ccc(C(=O)Nc2cc(C)ccc2OC)cc1COc1cc(C)cc(C)c1C. The highest BCUT2D eigenvalue weighted by atomic mass is 16.5. The Kier molecular flexibility index (Phi) is 6.85. The van der Waals surface area contributed by atoms with Gasteiger partial charge in [0.05, 0.1) is 19.9 Å². The summed E-state index contributed by atoms with van der Waals surface area (Å²) in [5, 5.41) is 2.94. The molecule has 0 spiro atoms. The van der Waals surface area contributed by atoms with Gasteiger partial charge in [0.1, 0.15) is 23.9 Å². The van der Waals surface area contributed by atoms with E-state index in [1.54, 1.807) is 32.4 Å². The number of carbonyl (C=O) groups is 1. The predicted molar refractivity (Wildman–Crippen MR) is 124 cm³/mol. The van der Waals surface area contributed by atoms with Crippen molar-refractivity contribution in [1.29, 1.82) is 0 Å². The number of nitrogens with one attached hydrogen (secondary N) is 1. The number of hydrogen-bond donors (Lipinski definition) is 1. The van der Waals surface area contributed by atoms with Gasteiger partial charge < -0.3 is 19.5 Å². The van der Waals surface area contributed by atoms with Crippen LogP contribution in [-0.4, -0.2) is 20.1 Å². The molecule has 0 atom stereocenters. The van der Waals surface area contributed by atoms with Crippen LogP contribution in [0.15, 0.2) is 48.5 Å². The topological polar surface area (TPSA) is 56.8 Å². The summed E-state index contributed by atoms with van der Waals surface area (Å²) >= 11 is 0. The zero-order chi connectivity index (χ0) is 22.5. The van der Waals surface area contributed by atoms with E-state index >= 15 is 0 Å². The van der Waals surface area contributed by atoms with Crippen LogP contribution in [0.25, 0.3) is 0 Å². The lowest BCUT2D eigenvalue weighted by Gasteiger charge is -2.15. The summed E-state index contributed by atoms with van der Waals surface area (Å²) in [7, 11) is 3.19. The van der Waals surface area contributed by atoms with Gasteiger partial charge in [-0.3, -0.25) is 4.79 Å². The van der Waals surface area contributed by atoms with Crippen molar-refractivity contribution in [2.45, 2.75) is 34.3 Å². The van der Waals surface area contributed by atoms with E-state index in [9.17, 15) is 4.79 Å². The summed E-state index contributed by atoms with van der Waals surface area (Å²) in [5.74, 6) is 1.89. The average Bonchev–Trinajstić information content (AvgIpc) is 2.75. The summed E-state index contributed by atoms with van der Waals surface area (Å²) in [5.41, 5.74) is 6.40. The molecular weight excluding hydrogens is 390 g/mol. The second-order valence-electron chi connectivity index (χ2n) is 7.68. The first kappa shape index (κ1) is 22.2. The van der Waals surface area contributed by atoms with Crippen LogP contribution >= 0.6 is 0 Å². The van der Waals surface area contributed by atoms with Crippen LogP contribution in [0, 0.1) is 27.7 Å². The van der Waals surface area contributed by atoms with E-state index in [-0.39, 0.29) is 5.91 Å². The zero-order valence-electron chi connectivity index (χ0n) is 19.0. The Morgan fingerprint density at radius 1 is 0.806 bits per heavy atom. The molecule has 5 nitrogen and oxygen atoms in total. The van der Waals surface area contributed by atoms with E-state index in [1.807, 2.05) is 45.0 Å². The number of hydrogen-bond acceptors (Lipinski definition) is 4. The van der Waals surface area contributed by atoms with Gasteiger partial charge in [-0.1, -0.05) is 12.1 Å². The second-order valence-corrected chi connectivity index (χ2v) is 7.68. The fourth-order valence-electron chi connectivity index (χ4n) is 3.45. The van der Waals surface area contributed by atoms with Crippen LogP contribution in [-0.2, 0) is 6.61 Å². The Bertz CT molecular complexity index is 1100. The minimum Gasteiger partial charge on any atom is -0.496 e. The maximum Gasteiger partial charge on any atom is 0.255 e. The first-order valence-electron chi connectivity index (χ1n) is 10.2. The van der Waals surface area contributed by atoms with E-state index in [2.05, 4.69) is 18.3 Å². The molecule has 0 fully saturated rings. The number of aryl methyl sites for hydroxylation is 3. The molecule has 0 aliphatic carbocycles. The first-order valence-corrected chi connectivity index (χ1v) is 10.2. The van der Waals surface area contributed by atoms with Crippen molar-refractivity contribution >= 4 is 11.6 Å². The van der Waals surface area contributed by atoms with E-state index in [1.165, 1.54) is 5.56 Å². The maximum atomic E-state index is 12.9. The molecule has 0 saturated carbocycles. The molecule has 0 radical (unpaired) electrons. The van der Waals surface area contributed by atoms with E-state index in [0.717, 1.165) is 28.0 Å². The predicted octanol–water partition coefficient (Wildman–Crippen LogP) is 5.77. The van der Waals surface area contributed by atoms with Gasteiger partial charge in [0.2, 0.25) is 0 Å². The normalized spacial score (nSPS) is 10.5. The Morgan fingerprint density at radius 2 is 1.52 bits per heavy atom. The molecule has 0 aliphatic rings. The highest BCUT2D eigenvalue weighted by Gasteiger charge is 2.14. The third-order valence-electron chi connectivity index (χ3n) is 5.29. The number of benzene rings is 3. The van der Waals surface area contributed by atoms with Crippen LogP contribution in [0.4, 0.5) is 5.69 Å². The number of ether oxygens (including phenoxy) is 3. The fraction of sp³-hybridized carbons (Fsp3) is 0.269. The Labute approximate surface area is 184 Å². The molecule has 0 heterocycles. The molecule has 0 aromatic heterocycles. The van der Waals surface area contributed by atoms with E-state index in [4.69, 9.17) is 14.2 Å². The molecule has 3 rings (SSSR count). The van der Waals surface area contributed by atoms with Crippen molar-refractivity contribution in [3.05, 3.63) is 81.9 Å². The van der Waals surface area contributed by atoms with Crippen LogP contribution in [0.2, 0.25) is 0 Å². The lowest BCUT2D eigenvalue weighted by atomic mass is 10.1. The molecule has 3 aromatic rings. The highest BCUT2D eigenvalue weighted by Crippen LogP contribution is 2.28. The fourth-order valence-corrected chi connectivity index (χ4v) is 3.45. The van der Waals surface area contributed by atoms with Gasteiger partial charge in [-0.15, -0.1) is 0 Å². The first-order chi connectivity index (χ1) is 14.8. The summed E-state index contributed by atoms with van der Waals surface area (Å²) in [6.07, 6.45) is 0. The van der Waals surface area contributed by atoms with Crippen LogP contribution in [0.1, 0.15) is 38.2 Å². The maximum absolute atomic E-state index is 12.9. The Balaban J connectivity index is 1.84. The van der Waals surface area contributed by atoms with Crippen LogP contribution in [0.5, 0.6) is 17.2 Å². The molecule has 0 unspecified atom stereocenters. The lowest BCUT2D eigenvalue weighted by Crippen LogP contribution is -2.13. The zero-order valence-corrected chi connectivity index (χ0v) is 19.0. The average molecular weight is 420 g/mol. The van der Waals surface area contributed by atoms with Crippen molar-refractivity contribution < 1.29 is 19.0 Å². The van der Waals surface area contributed by atoms with Crippen molar-refractivity contribution in [3.8, 4) is 17.2 Å². The van der Waals surface area contributed by atoms with Gasteiger partial charge >= 0.3 is 0 Å². The standard InChI is InChI=1S/C26H29NO4/c1-16-7-9-24(30-6)22(12-16)27-26(28)20-8-10-23(29-5)21(14-20)15-31-25-13-17(2)11-18(3)19(25)4/h7-14H,15H2,1-6H3,(H,27,28). The summed E-state index contributed by atoms with van der Waals surface area (Å²) in [4.78, 5) is 12.9. The van der Waals surface area contributed by atoms with Gasteiger partial charge in [-0.25, -0.2) is 0 Å². The molecule has 31 heavy (non-hydrogen) atoms. The van der Waals surface area contributed by atoms with Crippen LogP contribution < -0.4 is 19.5 Å². The monoisotopic (exact) mass is 419 g/mol. The number of amides is 1. The van der Waals surface area contributed by atoms with Gasteiger partial charge in [-0.2, -0.15) is 0 Å². The molecule has 1 N–H and O–H groups in total.